The molecule has 0 bridgehead atoms. The molecule has 0 amide bonds. The van der Waals surface area contributed by atoms with Crippen LogP contribution in [0, 0.1) is 19.7 Å². The highest BCUT2D eigenvalue weighted by molar-refractivity contribution is 7.91. The van der Waals surface area contributed by atoms with Crippen LogP contribution in [0.3, 0.4) is 0 Å². The number of nitrogens with zero attached hydrogens (tertiary/aromatic N) is 4. The van der Waals surface area contributed by atoms with Crippen molar-refractivity contribution in [2.75, 3.05) is 18.1 Å². The molecule has 29 heavy (non-hydrogen) atoms. The number of nitrogens with one attached hydrogen (secondary N) is 1. The monoisotopic (exact) mass is 417 g/mol. The Hall–Kier alpha value is -2.52. The van der Waals surface area contributed by atoms with Crippen molar-refractivity contribution in [2.45, 2.75) is 32.9 Å². The van der Waals surface area contributed by atoms with E-state index in [1.807, 2.05) is 29.3 Å². The molecule has 4 rings (SSSR count). The van der Waals surface area contributed by atoms with Crippen LogP contribution < -0.4 is 5.32 Å². The summed E-state index contributed by atoms with van der Waals surface area (Å²) >= 11 is 0. The zero-order valence-corrected chi connectivity index (χ0v) is 17.3. The number of rotatable bonds is 6. The Morgan fingerprint density at radius 1 is 1.24 bits per heavy atom. The van der Waals surface area contributed by atoms with E-state index in [0.717, 1.165) is 28.3 Å². The molecule has 1 aromatic carbocycles. The average molecular weight is 418 g/mol. The second-order valence-electron chi connectivity index (χ2n) is 7.46. The molecule has 0 spiro atoms. The van der Waals surface area contributed by atoms with E-state index >= 15 is 0 Å². The number of halogens is 1. The number of aryl methyl sites for hydroxylation is 1. The zero-order valence-electron chi connectivity index (χ0n) is 16.5. The summed E-state index contributed by atoms with van der Waals surface area (Å²) in [5.74, 6) is 0.199. The summed E-state index contributed by atoms with van der Waals surface area (Å²) in [6, 6.07) is 6.27. The Bertz CT molecular complexity index is 1120. The first kappa shape index (κ1) is 19.8. The smallest absolute Gasteiger partial charge is 0.151 e. The van der Waals surface area contributed by atoms with Gasteiger partial charge in [0, 0.05) is 24.7 Å². The van der Waals surface area contributed by atoms with E-state index in [0.29, 0.717) is 19.5 Å². The molecule has 0 unspecified atom stereocenters. The molecule has 1 aliphatic heterocycles. The van der Waals surface area contributed by atoms with Gasteiger partial charge < -0.3 is 9.88 Å². The third-order valence-corrected chi connectivity index (χ3v) is 7.12. The van der Waals surface area contributed by atoms with Crippen LogP contribution in [-0.2, 0) is 16.4 Å². The fourth-order valence-electron chi connectivity index (χ4n) is 3.90. The van der Waals surface area contributed by atoms with Crippen LogP contribution in [0.5, 0.6) is 0 Å². The van der Waals surface area contributed by atoms with Gasteiger partial charge in [0.2, 0.25) is 0 Å². The molecule has 0 radical (unpaired) electrons. The lowest BCUT2D eigenvalue weighted by atomic mass is 10.1. The summed E-state index contributed by atoms with van der Waals surface area (Å²) < 4.78 is 40.3. The minimum Gasteiger partial charge on any atom is -0.329 e. The van der Waals surface area contributed by atoms with Crippen LogP contribution >= 0.6 is 0 Å². The predicted molar refractivity (Wildman–Crippen MR) is 109 cm³/mol. The Balaban J connectivity index is 1.53. The quantitative estimate of drug-likeness (QED) is 0.665. The molecule has 1 N–H and O–H groups in total. The van der Waals surface area contributed by atoms with Gasteiger partial charge in [0.25, 0.3) is 0 Å². The molecule has 3 aromatic rings. The highest BCUT2D eigenvalue weighted by Gasteiger charge is 2.27. The van der Waals surface area contributed by atoms with Gasteiger partial charge in [-0.2, -0.15) is 5.10 Å². The molecule has 1 fully saturated rings. The van der Waals surface area contributed by atoms with Gasteiger partial charge in [0.1, 0.15) is 5.82 Å². The van der Waals surface area contributed by atoms with Crippen LogP contribution in [0.25, 0.3) is 16.9 Å². The van der Waals surface area contributed by atoms with Crippen molar-refractivity contribution in [1.82, 2.24) is 24.6 Å². The van der Waals surface area contributed by atoms with Crippen molar-refractivity contribution in [2.24, 2.45) is 0 Å². The number of sulfone groups is 1. The molecule has 0 saturated carbocycles. The van der Waals surface area contributed by atoms with E-state index in [4.69, 9.17) is 0 Å². The maximum atomic E-state index is 13.3. The molecule has 3 heterocycles. The van der Waals surface area contributed by atoms with Crippen molar-refractivity contribution in [1.29, 1.82) is 0 Å². The number of hydrogen-bond donors (Lipinski definition) is 1. The van der Waals surface area contributed by atoms with Gasteiger partial charge >= 0.3 is 0 Å². The van der Waals surface area contributed by atoms with E-state index < -0.39 is 9.84 Å². The van der Waals surface area contributed by atoms with Gasteiger partial charge in [-0.3, -0.25) is 0 Å². The van der Waals surface area contributed by atoms with Crippen LogP contribution in [0.4, 0.5) is 4.39 Å². The lowest BCUT2D eigenvalue weighted by molar-refractivity contribution is 0.521. The normalized spacial score (nSPS) is 18.4. The fourth-order valence-corrected chi connectivity index (χ4v) is 5.61. The fraction of sp³-hybridized carbons (Fsp3) is 0.400. The maximum Gasteiger partial charge on any atom is 0.151 e. The third kappa shape index (κ3) is 4.11. The first-order chi connectivity index (χ1) is 13.8. The van der Waals surface area contributed by atoms with E-state index in [2.05, 4.69) is 15.4 Å². The largest absolute Gasteiger partial charge is 0.329 e. The van der Waals surface area contributed by atoms with E-state index in [-0.39, 0.29) is 23.4 Å². The zero-order chi connectivity index (χ0) is 20.6. The maximum absolute atomic E-state index is 13.3. The molecule has 1 aliphatic rings. The Labute approximate surface area is 169 Å². The molecule has 9 heteroatoms. The van der Waals surface area contributed by atoms with Crippen LogP contribution in [0.1, 0.15) is 17.8 Å². The second kappa shape index (κ2) is 7.72. The van der Waals surface area contributed by atoms with Crippen molar-refractivity contribution >= 4 is 9.84 Å². The first-order valence-corrected chi connectivity index (χ1v) is 11.4. The summed E-state index contributed by atoms with van der Waals surface area (Å²) in [7, 11) is -2.88. The molecule has 1 atom stereocenters. The van der Waals surface area contributed by atoms with Crippen molar-refractivity contribution in [3.05, 3.63) is 54.0 Å². The van der Waals surface area contributed by atoms with Crippen LogP contribution in [0.15, 0.2) is 36.8 Å². The molecular weight excluding hydrogens is 393 g/mol. The molecule has 0 aliphatic carbocycles. The number of imidazole rings is 1. The van der Waals surface area contributed by atoms with Gasteiger partial charge in [0.15, 0.2) is 9.84 Å². The Morgan fingerprint density at radius 3 is 2.69 bits per heavy atom. The standard InChI is InChI=1S/C20H24FN5O2S/c1-14-20(15(2)26(24-14)18-5-3-16(21)4-6-18)19-11-22-13-25(19)9-8-23-17-7-10-29(27,28)12-17/h3-6,11,13,17,23H,7-10,12H2,1-2H3/t17-/m1/s1. The summed E-state index contributed by atoms with van der Waals surface area (Å²) in [6.45, 7) is 5.26. The SMILES string of the molecule is Cc1nn(-c2ccc(F)cc2)c(C)c1-c1cncn1CCN[C@@H]1CCS(=O)(=O)C1. The number of hydrogen-bond acceptors (Lipinski definition) is 5. The lowest BCUT2D eigenvalue weighted by Crippen LogP contribution is -2.32. The number of benzene rings is 1. The van der Waals surface area contributed by atoms with Crippen molar-refractivity contribution in [3.63, 3.8) is 0 Å². The van der Waals surface area contributed by atoms with Gasteiger partial charge in [-0.25, -0.2) is 22.5 Å². The molecular formula is C20H24FN5O2S. The lowest BCUT2D eigenvalue weighted by Gasteiger charge is -2.13. The first-order valence-electron chi connectivity index (χ1n) is 9.60. The Kier molecular flexibility index (Phi) is 5.26. The van der Waals surface area contributed by atoms with E-state index in [1.165, 1.54) is 12.1 Å². The van der Waals surface area contributed by atoms with Crippen LogP contribution in [0.2, 0.25) is 0 Å². The topological polar surface area (TPSA) is 81.8 Å². The molecule has 154 valence electrons. The summed E-state index contributed by atoms with van der Waals surface area (Å²) in [5, 5.41) is 7.97. The number of aromatic nitrogens is 4. The predicted octanol–water partition coefficient (Wildman–Crippen LogP) is 2.27. The van der Waals surface area contributed by atoms with E-state index in [1.54, 1.807) is 18.5 Å². The highest BCUT2D eigenvalue weighted by Crippen LogP contribution is 2.28. The summed E-state index contributed by atoms with van der Waals surface area (Å²) in [5.41, 5.74) is 4.56. The molecule has 7 nitrogen and oxygen atoms in total. The second-order valence-corrected chi connectivity index (χ2v) is 9.69. The molecule has 1 saturated heterocycles. The van der Waals surface area contributed by atoms with Gasteiger partial charge in [-0.15, -0.1) is 0 Å². The average Bonchev–Trinajstić information content (AvgIpc) is 3.34. The van der Waals surface area contributed by atoms with Crippen molar-refractivity contribution in [3.8, 4) is 16.9 Å². The third-order valence-electron chi connectivity index (χ3n) is 5.35. The van der Waals surface area contributed by atoms with E-state index in [9.17, 15) is 12.8 Å². The summed E-state index contributed by atoms with van der Waals surface area (Å²) in [4.78, 5) is 4.30. The minimum absolute atomic E-state index is 0.0247. The molecule has 2 aromatic heterocycles. The van der Waals surface area contributed by atoms with Gasteiger partial charge in [-0.1, -0.05) is 0 Å². The summed E-state index contributed by atoms with van der Waals surface area (Å²) in [6.07, 6.45) is 4.25. The Morgan fingerprint density at radius 2 is 2.00 bits per heavy atom. The minimum atomic E-state index is -2.88. The van der Waals surface area contributed by atoms with Gasteiger partial charge in [0.05, 0.1) is 46.8 Å². The van der Waals surface area contributed by atoms with Gasteiger partial charge in [-0.05, 0) is 44.5 Å². The highest BCUT2D eigenvalue weighted by atomic mass is 32.2. The van der Waals surface area contributed by atoms with Crippen LogP contribution in [-0.4, -0.2) is 51.8 Å². The van der Waals surface area contributed by atoms with Crippen molar-refractivity contribution < 1.29 is 12.8 Å².